The van der Waals surface area contributed by atoms with Gasteiger partial charge >= 0.3 is 0 Å². The Morgan fingerprint density at radius 1 is 1.14 bits per heavy atom. The number of hydrazine groups is 1. The number of carbonyl (C=O) groups is 3. The Bertz CT molecular complexity index is 794. The minimum atomic E-state index is -0.509. The first-order valence-electron chi connectivity index (χ1n) is 6.94. The molecule has 6 heteroatoms. The van der Waals surface area contributed by atoms with Crippen molar-refractivity contribution >= 4 is 44.4 Å². The minimum Gasteiger partial charge on any atom is -0.273 e. The molecule has 1 N–H and O–H groups in total. The maximum atomic E-state index is 12.5. The summed E-state index contributed by atoms with van der Waals surface area (Å²) in [5.74, 6) is -1.37. The van der Waals surface area contributed by atoms with Crippen molar-refractivity contribution in [2.75, 3.05) is 0 Å². The van der Waals surface area contributed by atoms with Gasteiger partial charge in [0, 0.05) is 16.3 Å². The first kappa shape index (κ1) is 14.7. The van der Waals surface area contributed by atoms with E-state index in [4.69, 9.17) is 0 Å². The minimum absolute atomic E-state index is 0.258. The Balaban J connectivity index is 2.13. The van der Waals surface area contributed by atoms with Crippen molar-refractivity contribution in [3.05, 3.63) is 45.9 Å². The highest BCUT2D eigenvalue weighted by atomic mass is 79.9. The number of hydrogen-bond donors (Lipinski definition) is 1. The zero-order valence-electron chi connectivity index (χ0n) is 11.9. The lowest BCUT2D eigenvalue weighted by atomic mass is 9.95. The number of rotatable bonds is 3. The van der Waals surface area contributed by atoms with E-state index < -0.39 is 11.8 Å². The molecule has 0 saturated heterocycles. The molecular formula is C16H13BrN2O3. The summed E-state index contributed by atoms with van der Waals surface area (Å²) in [6.07, 6.45) is 0.898. The van der Waals surface area contributed by atoms with Crippen LogP contribution in [0, 0.1) is 0 Å². The predicted molar refractivity (Wildman–Crippen MR) is 85.2 cm³/mol. The molecule has 5 nitrogen and oxygen atoms in total. The fraction of sp³-hybridized carbons (Fsp3) is 0.188. The van der Waals surface area contributed by atoms with E-state index in [0.717, 1.165) is 14.9 Å². The molecule has 0 atom stereocenters. The van der Waals surface area contributed by atoms with Crippen LogP contribution in [0.3, 0.4) is 0 Å². The smallest absolute Gasteiger partial charge is 0.273 e. The van der Waals surface area contributed by atoms with Crippen molar-refractivity contribution in [1.82, 2.24) is 10.4 Å². The molecular weight excluding hydrogens is 348 g/mol. The SMILES string of the molecule is CCCC(=O)NN1C(=O)c2cccc3c(Br)ccc(c23)C1=O. The van der Waals surface area contributed by atoms with Crippen LogP contribution in [0.25, 0.3) is 10.8 Å². The van der Waals surface area contributed by atoms with Crippen molar-refractivity contribution in [3.8, 4) is 0 Å². The molecule has 0 bridgehead atoms. The third-order valence-corrected chi connectivity index (χ3v) is 4.26. The maximum Gasteiger partial charge on any atom is 0.280 e. The summed E-state index contributed by atoms with van der Waals surface area (Å²) in [4.78, 5) is 36.8. The zero-order chi connectivity index (χ0) is 15.9. The van der Waals surface area contributed by atoms with Crippen molar-refractivity contribution in [3.63, 3.8) is 0 Å². The van der Waals surface area contributed by atoms with Crippen LogP contribution < -0.4 is 5.43 Å². The third kappa shape index (κ3) is 2.20. The summed E-state index contributed by atoms with van der Waals surface area (Å²) in [7, 11) is 0. The quantitative estimate of drug-likeness (QED) is 0.855. The number of nitrogens with zero attached hydrogens (tertiary/aromatic N) is 1. The summed E-state index contributed by atoms with van der Waals surface area (Å²) in [5, 5.41) is 2.23. The molecule has 2 aromatic carbocycles. The van der Waals surface area contributed by atoms with E-state index in [0.29, 0.717) is 22.9 Å². The van der Waals surface area contributed by atoms with Gasteiger partial charge in [-0.05, 0) is 30.0 Å². The van der Waals surface area contributed by atoms with Crippen molar-refractivity contribution in [1.29, 1.82) is 0 Å². The molecule has 1 aliphatic heterocycles. The van der Waals surface area contributed by atoms with E-state index in [1.165, 1.54) is 0 Å². The van der Waals surface area contributed by atoms with E-state index in [9.17, 15) is 14.4 Å². The van der Waals surface area contributed by atoms with Gasteiger partial charge in [0.2, 0.25) is 5.91 Å². The highest BCUT2D eigenvalue weighted by Gasteiger charge is 2.34. The highest BCUT2D eigenvalue weighted by Crippen LogP contribution is 2.33. The second-order valence-corrected chi connectivity index (χ2v) is 5.91. The van der Waals surface area contributed by atoms with Gasteiger partial charge in [-0.25, -0.2) is 0 Å². The van der Waals surface area contributed by atoms with Crippen LogP contribution in [0.1, 0.15) is 40.5 Å². The van der Waals surface area contributed by atoms with Crippen LogP contribution in [0.15, 0.2) is 34.8 Å². The van der Waals surface area contributed by atoms with Crippen LogP contribution in [-0.4, -0.2) is 22.7 Å². The Morgan fingerprint density at radius 3 is 2.50 bits per heavy atom. The van der Waals surface area contributed by atoms with Gasteiger partial charge in [-0.1, -0.05) is 35.0 Å². The molecule has 0 fully saturated rings. The first-order valence-corrected chi connectivity index (χ1v) is 7.73. The molecule has 0 unspecified atom stereocenters. The van der Waals surface area contributed by atoms with Gasteiger partial charge in [-0.15, -0.1) is 0 Å². The Hall–Kier alpha value is -2.21. The predicted octanol–water partition coefficient (Wildman–Crippen LogP) is 3.03. The van der Waals surface area contributed by atoms with Gasteiger partial charge < -0.3 is 0 Å². The lowest BCUT2D eigenvalue weighted by molar-refractivity contribution is -0.124. The average Bonchev–Trinajstić information content (AvgIpc) is 2.51. The van der Waals surface area contributed by atoms with Crippen LogP contribution in [0.5, 0.6) is 0 Å². The second kappa shape index (κ2) is 5.53. The number of imide groups is 1. The van der Waals surface area contributed by atoms with Crippen LogP contribution in [-0.2, 0) is 4.79 Å². The van der Waals surface area contributed by atoms with Crippen molar-refractivity contribution < 1.29 is 14.4 Å². The van der Waals surface area contributed by atoms with E-state index in [1.807, 2.05) is 13.0 Å². The molecule has 0 aliphatic carbocycles. The maximum absolute atomic E-state index is 12.5. The molecule has 0 aromatic heterocycles. The molecule has 0 saturated carbocycles. The third-order valence-electron chi connectivity index (χ3n) is 3.57. The molecule has 0 radical (unpaired) electrons. The molecule has 22 heavy (non-hydrogen) atoms. The Kier molecular flexibility index (Phi) is 3.70. The van der Waals surface area contributed by atoms with Gasteiger partial charge in [-0.3, -0.25) is 19.8 Å². The van der Waals surface area contributed by atoms with E-state index in [1.54, 1.807) is 24.3 Å². The average molecular weight is 361 g/mol. The Labute approximate surface area is 135 Å². The van der Waals surface area contributed by atoms with Crippen LogP contribution >= 0.6 is 15.9 Å². The van der Waals surface area contributed by atoms with Crippen LogP contribution in [0.2, 0.25) is 0 Å². The second-order valence-electron chi connectivity index (χ2n) is 5.05. The highest BCUT2D eigenvalue weighted by molar-refractivity contribution is 9.10. The number of amides is 3. The molecule has 3 rings (SSSR count). The summed E-state index contributed by atoms with van der Waals surface area (Å²) < 4.78 is 0.817. The van der Waals surface area contributed by atoms with E-state index >= 15 is 0 Å². The Morgan fingerprint density at radius 2 is 1.82 bits per heavy atom. The van der Waals surface area contributed by atoms with Crippen LogP contribution in [0.4, 0.5) is 0 Å². The molecule has 3 amide bonds. The largest absolute Gasteiger partial charge is 0.280 e. The number of carbonyl (C=O) groups excluding carboxylic acids is 3. The first-order chi connectivity index (χ1) is 10.5. The monoisotopic (exact) mass is 360 g/mol. The topological polar surface area (TPSA) is 66.5 Å². The number of halogens is 1. The van der Waals surface area contributed by atoms with Gasteiger partial charge in [0.05, 0.1) is 11.1 Å². The normalized spacial score (nSPS) is 13.6. The molecule has 1 aliphatic rings. The van der Waals surface area contributed by atoms with Crippen molar-refractivity contribution in [2.24, 2.45) is 0 Å². The molecule has 112 valence electrons. The van der Waals surface area contributed by atoms with Crippen molar-refractivity contribution in [2.45, 2.75) is 19.8 Å². The summed E-state index contributed by atoms with van der Waals surface area (Å²) in [5.41, 5.74) is 3.22. The van der Waals surface area contributed by atoms with Gasteiger partial charge in [-0.2, -0.15) is 5.01 Å². The summed E-state index contributed by atoms with van der Waals surface area (Å²) in [6, 6.07) is 8.68. The summed E-state index contributed by atoms with van der Waals surface area (Å²) in [6.45, 7) is 1.85. The fourth-order valence-corrected chi connectivity index (χ4v) is 3.03. The molecule has 1 heterocycles. The molecule has 0 spiro atoms. The van der Waals surface area contributed by atoms with E-state index in [-0.39, 0.29) is 12.3 Å². The summed E-state index contributed by atoms with van der Waals surface area (Å²) >= 11 is 3.43. The van der Waals surface area contributed by atoms with Gasteiger partial charge in [0.1, 0.15) is 0 Å². The number of hydrogen-bond acceptors (Lipinski definition) is 3. The fourth-order valence-electron chi connectivity index (χ4n) is 2.57. The number of nitrogens with one attached hydrogen (secondary N) is 1. The molecule has 2 aromatic rings. The standard InChI is InChI=1S/C16H13BrN2O3/c1-2-4-13(20)18-19-15(21)10-6-3-5-9-12(17)8-7-11(14(9)10)16(19)22/h3,5-8H,2,4H2,1H3,(H,18,20). The lowest BCUT2D eigenvalue weighted by Crippen LogP contribution is -2.51. The number of benzene rings is 2. The zero-order valence-corrected chi connectivity index (χ0v) is 13.4. The van der Waals surface area contributed by atoms with E-state index in [2.05, 4.69) is 21.4 Å². The van der Waals surface area contributed by atoms with Gasteiger partial charge in [0.15, 0.2) is 0 Å². The lowest BCUT2D eigenvalue weighted by Gasteiger charge is -2.27. The van der Waals surface area contributed by atoms with Gasteiger partial charge in [0.25, 0.3) is 11.8 Å².